The minimum Gasteiger partial charge on any atom is -0.459 e. The lowest BCUT2D eigenvalue weighted by Gasteiger charge is -2.15. The van der Waals surface area contributed by atoms with E-state index in [2.05, 4.69) is 10.7 Å². The first-order chi connectivity index (χ1) is 13.5. The summed E-state index contributed by atoms with van der Waals surface area (Å²) in [6.07, 6.45) is 1.39. The molecule has 2 aromatic carbocycles. The predicted octanol–water partition coefficient (Wildman–Crippen LogP) is 2.47. The number of hydrazine groups is 1. The number of rotatable bonds is 4. The number of carbonyl (C=O) groups is 4. The van der Waals surface area contributed by atoms with Gasteiger partial charge in [-0.2, -0.15) is 5.01 Å². The van der Waals surface area contributed by atoms with Gasteiger partial charge in [-0.15, -0.1) is 0 Å². The highest BCUT2D eigenvalue weighted by molar-refractivity contribution is 6.22. The smallest absolute Gasteiger partial charge is 0.291 e. The van der Waals surface area contributed by atoms with Crippen LogP contribution in [0, 0.1) is 0 Å². The molecule has 1 aliphatic rings. The highest BCUT2D eigenvalue weighted by atomic mass is 16.3. The van der Waals surface area contributed by atoms with Crippen LogP contribution in [0.3, 0.4) is 0 Å². The fourth-order valence-corrected chi connectivity index (χ4v) is 2.76. The highest BCUT2D eigenvalue weighted by Crippen LogP contribution is 2.21. The number of nitrogens with zero attached hydrogens (tertiary/aromatic N) is 1. The van der Waals surface area contributed by atoms with Gasteiger partial charge in [0.1, 0.15) is 0 Å². The molecular weight excluding hydrogens is 362 g/mol. The van der Waals surface area contributed by atoms with E-state index in [4.69, 9.17) is 4.42 Å². The number of hydrogen-bond donors (Lipinski definition) is 2. The molecule has 8 nitrogen and oxygen atoms in total. The molecule has 3 aromatic rings. The third kappa shape index (κ3) is 3.03. The van der Waals surface area contributed by atoms with Crippen LogP contribution in [0.2, 0.25) is 0 Å². The van der Waals surface area contributed by atoms with Crippen molar-refractivity contribution in [3.8, 4) is 0 Å². The molecule has 28 heavy (non-hydrogen) atoms. The monoisotopic (exact) mass is 375 g/mol. The maximum absolute atomic E-state index is 12.4. The molecule has 8 heteroatoms. The SMILES string of the molecule is O=C(NN1C(=O)c2ccccc2C1=O)c1ccc(NC(=O)c2ccco2)cc1. The van der Waals surface area contributed by atoms with Crippen molar-refractivity contribution in [1.82, 2.24) is 10.4 Å². The largest absolute Gasteiger partial charge is 0.459 e. The van der Waals surface area contributed by atoms with Crippen molar-refractivity contribution in [2.24, 2.45) is 0 Å². The van der Waals surface area contributed by atoms with Crippen LogP contribution in [-0.4, -0.2) is 28.6 Å². The molecule has 2 heterocycles. The van der Waals surface area contributed by atoms with Gasteiger partial charge in [-0.1, -0.05) is 12.1 Å². The van der Waals surface area contributed by atoms with Crippen LogP contribution in [0.5, 0.6) is 0 Å². The van der Waals surface area contributed by atoms with E-state index in [1.807, 2.05) is 0 Å². The number of anilines is 1. The van der Waals surface area contributed by atoms with E-state index in [0.717, 1.165) is 0 Å². The second-order valence-corrected chi connectivity index (χ2v) is 5.94. The van der Waals surface area contributed by atoms with Gasteiger partial charge in [-0.3, -0.25) is 24.6 Å². The molecule has 138 valence electrons. The molecular formula is C20H13N3O5. The van der Waals surface area contributed by atoms with Gasteiger partial charge < -0.3 is 9.73 Å². The van der Waals surface area contributed by atoms with Crippen LogP contribution >= 0.6 is 0 Å². The van der Waals surface area contributed by atoms with Crippen LogP contribution in [0.15, 0.2) is 71.3 Å². The Morgan fingerprint density at radius 1 is 0.786 bits per heavy atom. The van der Waals surface area contributed by atoms with Gasteiger partial charge in [0, 0.05) is 11.3 Å². The number of hydrogen-bond acceptors (Lipinski definition) is 5. The van der Waals surface area contributed by atoms with Crippen molar-refractivity contribution in [3.63, 3.8) is 0 Å². The zero-order chi connectivity index (χ0) is 19.7. The molecule has 4 rings (SSSR count). The fraction of sp³-hybridized carbons (Fsp3) is 0. The zero-order valence-electron chi connectivity index (χ0n) is 14.3. The molecule has 0 atom stereocenters. The fourth-order valence-electron chi connectivity index (χ4n) is 2.76. The molecule has 0 saturated heterocycles. The molecule has 0 unspecified atom stereocenters. The zero-order valence-corrected chi connectivity index (χ0v) is 14.3. The normalized spacial score (nSPS) is 12.6. The summed E-state index contributed by atoms with van der Waals surface area (Å²) in [5.74, 6) is -2.06. The average Bonchev–Trinajstić information content (AvgIpc) is 3.33. The number of carbonyl (C=O) groups excluding carboxylic acids is 4. The Hall–Kier alpha value is -4.20. The van der Waals surface area contributed by atoms with Gasteiger partial charge in [0.15, 0.2) is 5.76 Å². The number of furan rings is 1. The molecule has 0 radical (unpaired) electrons. The Labute approximate surface area is 158 Å². The van der Waals surface area contributed by atoms with Crippen molar-refractivity contribution >= 4 is 29.3 Å². The van der Waals surface area contributed by atoms with Gasteiger partial charge >= 0.3 is 0 Å². The molecule has 2 N–H and O–H groups in total. The van der Waals surface area contributed by atoms with Crippen molar-refractivity contribution in [3.05, 3.63) is 89.4 Å². The molecule has 0 aliphatic carbocycles. The lowest BCUT2D eigenvalue weighted by atomic mass is 10.1. The first-order valence-corrected chi connectivity index (χ1v) is 8.28. The van der Waals surface area contributed by atoms with Gasteiger partial charge in [0.2, 0.25) is 0 Å². The van der Waals surface area contributed by atoms with E-state index >= 15 is 0 Å². The minimum absolute atomic E-state index is 0.160. The lowest BCUT2D eigenvalue weighted by Crippen LogP contribution is -2.45. The summed E-state index contributed by atoms with van der Waals surface area (Å²) in [5.41, 5.74) is 3.47. The summed E-state index contributed by atoms with van der Waals surface area (Å²) in [6.45, 7) is 0. The Bertz CT molecular complexity index is 1050. The van der Waals surface area contributed by atoms with Crippen molar-refractivity contribution in [2.75, 3.05) is 5.32 Å². The van der Waals surface area contributed by atoms with E-state index in [-0.39, 0.29) is 22.5 Å². The second kappa shape index (κ2) is 6.84. The quantitative estimate of drug-likeness (QED) is 0.681. The highest BCUT2D eigenvalue weighted by Gasteiger charge is 2.36. The van der Waals surface area contributed by atoms with E-state index in [9.17, 15) is 19.2 Å². The molecule has 0 bridgehead atoms. The first kappa shape index (κ1) is 17.2. The van der Waals surface area contributed by atoms with E-state index in [0.29, 0.717) is 10.7 Å². The minimum atomic E-state index is -0.626. The third-order valence-electron chi connectivity index (χ3n) is 4.16. The molecule has 0 fully saturated rings. The number of imide groups is 1. The predicted molar refractivity (Wildman–Crippen MR) is 97.5 cm³/mol. The van der Waals surface area contributed by atoms with Gasteiger partial charge in [-0.05, 0) is 48.5 Å². The number of fused-ring (bicyclic) bond motifs is 1. The summed E-state index contributed by atoms with van der Waals surface area (Å²) >= 11 is 0. The Kier molecular flexibility index (Phi) is 4.21. The standard InChI is InChI=1S/C20H13N3O5/c24-17(22-23-19(26)14-4-1-2-5-15(14)20(23)27)12-7-9-13(10-8-12)21-18(25)16-6-3-11-28-16/h1-11H,(H,21,25)(H,22,24). The third-order valence-corrected chi connectivity index (χ3v) is 4.16. The van der Waals surface area contributed by atoms with Crippen LogP contribution in [0.25, 0.3) is 0 Å². The van der Waals surface area contributed by atoms with Gasteiger partial charge in [0.25, 0.3) is 23.6 Å². The number of amides is 4. The Morgan fingerprint density at radius 3 is 2.00 bits per heavy atom. The summed E-state index contributed by atoms with van der Waals surface area (Å²) < 4.78 is 5.01. The summed E-state index contributed by atoms with van der Waals surface area (Å²) in [6, 6.07) is 15.4. The Balaban J connectivity index is 1.44. The molecule has 0 spiro atoms. The van der Waals surface area contributed by atoms with E-state index < -0.39 is 23.6 Å². The summed E-state index contributed by atoms with van der Waals surface area (Å²) in [7, 11) is 0. The van der Waals surface area contributed by atoms with E-state index in [1.165, 1.54) is 48.7 Å². The van der Waals surface area contributed by atoms with Crippen molar-refractivity contribution in [1.29, 1.82) is 0 Å². The van der Waals surface area contributed by atoms with Crippen LogP contribution in [0.1, 0.15) is 41.6 Å². The maximum atomic E-state index is 12.4. The van der Waals surface area contributed by atoms with Gasteiger partial charge in [0.05, 0.1) is 17.4 Å². The topological polar surface area (TPSA) is 109 Å². The van der Waals surface area contributed by atoms with Crippen LogP contribution in [0.4, 0.5) is 5.69 Å². The van der Waals surface area contributed by atoms with Crippen molar-refractivity contribution < 1.29 is 23.6 Å². The number of nitrogens with one attached hydrogen (secondary N) is 2. The van der Waals surface area contributed by atoms with Crippen LogP contribution < -0.4 is 10.7 Å². The van der Waals surface area contributed by atoms with E-state index in [1.54, 1.807) is 18.2 Å². The summed E-state index contributed by atoms with van der Waals surface area (Å²) in [5, 5.41) is 3.32. The second-order valence-electron chi connectivity index (χ2n) is 5.94. The van der Waals surface area contributed by atoms with Crippen molar-refractivity contribution in [2.45, 2.75) is 0 Å². The number of benzene rings is 2. The lowest BCUT2D eigenvalue weighted by molar-refractivity contribution is 0.0518. The van der Waals surface area contributed by atoms with Crippen LogP contribution in [-0.2, 0) is 0 Å². The Morgan fingerprint density at radius 2 is 1.43 bits per heavy atom. The molecule has 0 saturated carbocycles. The maximum Gasteiger partial charge on any atom is 0.291 e. The summed E-state index contributed by atoms with van der Waals surface area (Å²) in [4.78, 5) is 48.9. The average molecular weight is 375 g/mol. The first-order valence-electron chi connectivity index (χ1n) is 8.28. The van der Waals surface area contributed by atoms with Gasteiger partial charge in [-0.25, -0.2) is 0 Å². The molecule has 4 amide bonds. The molecule has 1 aromatic heterocycles. The molecule has 1 aliphatic heterocycles.